The van der Waals surface area contributed by atoms with Gasteiger partial charge in [-0.15, -0.1) is 5.10 Å². The normalized spacial score (nSPS) is 18.8. The van der Waals surface area contributed by atoms with Gasteiger partial charge in [0.05, 0.1) is 5.69 Å². The van der Waals surface area contributed by atoms with Gasteiger partial charge in [-0.3, -0.25) is 0 Å². The van der Waals surface area contributed by atoms with E-state index in [0.717, 1.165) is 25.5 Å². The largest absolute Gasteiger partial charge is 0.354 e. The third-order valence-corrected chi connectivity index (χ3v) is 4.67. The molecule has 0 bridgehead atoms. The molecular formula is C17H23N5. The Hall–Kier alpha value is -1.91. The monoisotopic (exact) mass is 297 g/mol. The van der Waals surface area contributed by atoms with Crippen molar-refractivity contribution in [3.05, 3.63) is 36.0 Å². The Kier molecular flexibility index (Phi) is 3.36. The molecule has 3 heterocycles. The van der Waals surface area contributed by atoms with Gasteiger partial charge in [0.15, 0.2) is 5.82 Å². The molecule has 1 saturated heterocycles. The summed E-state index contributed by atoms with van der Waals surface area (Å²) in [4.78, 5) is 6.78. The molecule has 0 aromatic carbocycles. The van der Waals surface area contributed by atoms with Gasteiger partial charge in [-0.05, 0) is 25.0 Å². The van der Waals surface area contributed by atoms with Gasteiger partial charge in [0, 0.05) is 49.8 Å². The maximum Gasteiger partial charge on any atom is 0.151 e. The quantitative estimate of drug-likeness (QED) is 0.851. The van der Waals surface area contributed by atoms with Crippen LogP contribution in [0.3, 0.4) is 0 Å². The minimum Gasteiger partial charge on any atom is -0.354 e. The standard InChI is InChI=1S/C17H23N5/c1-12(2)17-18-7-8-21(17)9-13-10-22(11-13)16-6-5-15(19-20-16)14-3-4-14/h5-8,12-14H,3-4,9-11H2,1-2H3. The van der Waals surface area contributed by atoms with Crippen LogP contribution in [0.2, 0.25) is 0 Å². The van der Waals surface area contributed by atoms with Crippen molar-refractivity contribution in [1.29, 1.82) is 0 Å². The molecule has 1 aliphatic heterocycles. The fraction of sp³-hybridized carbons (Fsp3) is 0.588. The van der Waals surface area contributed by atoms with Crippen LogP contribution in [0.25, 0.3) is 0 Å². The third kappa shape index (κ3) is 2.60. The highest BCUT2D eigenvalue weighted by atomic mass is 15.3. The molecule has 1 saturated carbocycles. The van der Waals surface area contributed by atoms with E-state index in [1.54, 1.807) is 0 Å². The lowest BCUT2D eigenvalue weighted by Crippen LogP contribution is -2.49. The number of aromatic nitrogens is 4. The zero-order valence-electron chi connectivity index (χ0n) is 13.3. The molecular weight excluding hydrogens is 274 g/mol. The summed E-state index contributed by atoms with van der Waals surface area (Å²) in [7, 11) is 0. The molecule has 0 amide bonds. The second kappa shape index (κ2) is 5.38. The lowest BCUT2D eigenvalue weighted by molar-refractivity contribution is 0.348. The molecule has 0 spiro atoms. The van der Waals surface area contributed by atoms with Crippen LogP contribution >= 0.6 is 0 Å². The zero-order valence-corrected chi connectivity index (χ0v) is 13.3. The Morgan fingerprint density at radius 1 is 1.18 bits per heavy atom. The molecule has 116 valence electrons. The molecule has 2 fully saturated rings. The topological polar surface area (TPSA) is 46.8 Å². The number of hydrogen-bond acceptors (Lipinski definition) is 4. The fourth-order valence-electron chi connectivity index (χ4n) is 3.23. The molecule has 1 aliphatic carbocycles. The van der Waals surface area contributed by atoms with Crippen molar-refractivity contribution in [3.8, 4) is 0 Å². The van der Waals surface area contributed by atoms with Crippen molar-refractivity contribution < 1.29 is 0 Å². The molecule has 2 aliphatic rings. The predicted molar refractivity (Wildman–Crippen MR) is 86.0 cm³/mol. The number of nitrogens with zero attached hydrogens (tertiary/aromatic N) is 5. The van der Waals surface area contributed by atoms with E-state index in [0.29, 0.717) is 17.8 Å². The first kappa shape index (κ1) is 13.7. The number of hydrogen-bond donors (Lipinski definition) is 0. The van der Waals surface area contributed by atoms with Crippen molar-refractivity contribution in [3.63, 3.8) is 0 Å². The first-order valence-electron chi connectivity index (χ1n) is 8.30. The Labute approximate surface area is 131 Å². The van der Waals surface area contributed by atoms with Crippen LogP contribution in [0.1, 0.15) is 50.0 Å². The van der Waals surface area contributed by atoms with E-state index < -0.39 is 0 Å². The summed E-state index contributed by atoms with van der Waals surface area (Å²) in [5.41, 5.74) is 1.17. The first-order chi connectivity index (χ1) is 10.7. The molecule has 0 N–H and O–H groups in total. The Morgan fingerprint density at radius 3 is 2.64 bits per heavy atom. The Bertz CT molecular complexity index is 635. The molecule has 0 atom stereocenters. The molecule has 22 heavy (non-hydrogen) atoms. The van der Waals surface area contributed by atoms with E-state index in [9.17, 15) is 0 Å². The van der Waals surface area contributed by atoms with Crippen molar-refractivity contribution >= 4 is 5.82 Å². The lowest BCUT2D eigenvalue weighted by Gasteiger charge is -2.40. The Morgan fingerprint density at radius 2 is 2.00 bits per heavy atom. The first-order valence-corrected chi connectivity index (χ1v) is 8.30. The maximum absolute atomic E-state index is 4.46. The van der Waals surface area contributed by atoms with Crippen LogP contribution < -0.4 is 4.90 Å². The summed E-state index contributed by atoms with van der Waals surface area (Å²) in [6, 6.07) is 4.29. The van der Waals surface area contributed by atoms with Gasteiger partial charge in [0.25, 0.3) is 0 Å². The predicted octanol–water partition coefficient (Wildman–Crippen LogP) is 2.81. The highest BCUT2D eigenvalue weighted by Gasteiger charge is 2.30. The van der Waals surface area contributed by atoms with Crippen molar-refractivity contribution in [2.45, 2.75) is 45.1 Å². The molecule has 0 unspecified atom stereocenters. The molecule has 2 aromatic rings. The number of imidazole rings is 1. The lowest BCUT2D eigenvalue weighted by atomic mass is 10.00. The summed E-state index contributed by atoms with van der Waals surface area (Å²) < 4.78 is 2.30. The van der Waals surface area contributed by atoms with Crippen molar-refractivity contribution in [2.24, 2.45) is 5.92 Å². The van der Waals surface area contributed by atoms with Crippen molar-refractivity contribution in [2.75, 3.05) is 18.0 Å². The smallest absolute Gasteiger partial charge is 0.151 e. The molecule has 5 nitrogen and oxygen atoms in total. The van der Waals surface area contributed by atoms with E-state index >= 15 is 0 Å². The van der Waals surface area contributed by atoms with Gasteiger partial charge < -0.3 is 9.47 Å². The van der Waals surface area contributed by atoms with Crippen LogP contribution in [0.15, 0.2) is 24.5 Å². The van der Waals surface area contributed by atoms with Gasteiger partial charge in [-0.2, -0.15) is 5.10 Å². The average molecular weight is 297 g/mol. The average Bonchev–Trinajstić information content (AvgIpc) is 3.21. The number of rotatable bonds is 5. The molecule has 4 rings (SSSR count). The van der Waals surface area contributed by atoms with Crippen LogP contribution in [-0.2, 0) is 6.54 Å². The van der Waals surface area contributed by atoms with Crippen LogP contribution in [-0.4, -0.2) is 32.8 Å². The second-order valence-electron chi connectivity index (χ2n) is 6.95. The minimum atomic E-state index is 0.479. The Balaban J connectivity index is 1.34. The summed E-state index contributed by atoms with van der Waals surface area (Å²) >= 11 is 0. The van der Waals surface area contributed by atoms with Crippen LogP contribution in [0.5, 0.6) is 0 Å². The van der Waals surface area contributed by atoms with E-state index in [2.05, 4.69) is 56.8 Å². The minimum absolute atomic E-state index is 0.479. The van der Waals surface area contributed by atoms with Gasteiger partial charge in [0.1, 0.15) is 5.82 Å². The van der Waals surface area contributed by atoms with Gasteiger partial charge in [0.2, 0.25) is 0 Å². The third-order valence-electron chi connectivity index (χ3n) is 4.67. The summed E-state index contributed by atoms with van der Waals surface area (Å²) in [6.07, 6.45) is 6.57. The fourth-order valence-corrected chi connectivity index (χ4v) is 3.23. The number of anilines is 1. The van der Waals surface area contributed by atoms with E-state index in [1.807, 2.05) is 6.20 Å². The molecule has 2 aromatic heterocycles. The van der Waals surface area contributed by atoms with E-state index in [-0.39, 0.29) is 0 Å². The molecule has 5 heteroatoms. The van der Waals surface area contributed by atoms with Crippen LogP contribution in [0.4, 0.5) is 5.82 Å². The van der Waals surface area contributed by atoms with Crippen molar-refractivity contribution in [1.82, 2.24) is 19.7 Å². The van der Waals surface area contributed by atoms with Gasteiger partial charge >= 0.3 is 0 Å². The van der Waals surface area contributed by atoms with Gasteiger partial charge in [-0.1, -0.05) is 13.8 Å². The summed E-state index contributed by atoms with van der Waals surface area (Å²) in [6.45, 7) is 7.57. The van der Waals surface area contributed by atoms with Gasteiger partial charge in [-0.25, -0.2) is 4.98 Å². The molecule has 0 radical (unpaired) electrons. The van der Waals surface area contributed by atoms with Crippen LogP contribution in [0, 0.1) is 5.92 Å². The SMILES string of the molecule is CC(C)c1nccn1CC1CN(c2ccc(C3CC3)nn2)C1. The highest BCUT2D eigenvalue weighted by Crippen LogP contribution is 2.39. The highest BCUT2D eigenvalue weighted by molar-refractivity contribution is 5.41. The van der Waals surface area contributed by atoms with E-state index in [4.69, 9.17) is 0 Å². The summed E-state index contributed by atoms with van der Waals surface area (Å²) in [5.74, 6) is 4.05. The van der Waals surface area contributed by atoms with E-state index in [1.165, 1.54) is 24.4 Å². The summed E-state index contributed by atoms with van der Waals surface area (Å²) in [5, 5.41) is 8.77. The zero-order chi connectivity index (χ0) is 15.1. The second-order valence-corrected chi connectivity index (χ2v) is 6.95. The maximum atomic E-state index is 4.46.